The Labute approximate surface area is 151 Å². The van der Waals surface area contributed by atoms with Crippen LogP contribution < -0.4 is 0 Å². The fourth-order valence-corrected chi connectivity index (χ4v) is 3.72. The summed E-state index contributed by atoms with van der Waals surface area (Å²) >= 11 is 0. The number of carbonyl (C=O) groups is 2. The molecule has 0 aliphatic carbocycles. The minimum absolute atomic E-state index is 0.136. The van der Waals surface area contributed by atoms with E-state index >= 15 is 0 Å². The number of epoxide rings is 1. The fourth-order valence-electron chi connectivity index (χ4n) is 3.72. The largest absolute Gasteiger partial charge is 0.466 e. The van der Waals surface area contributed by atoms with Crippen molar-refractivity contribution in [3.05, 3.63) is 46.3 Å². The van der Waals surface area contributed by atoms with Gasteiger partial charge in [0.05, 0.1) is 25.1 Å². The highest BCUT2D eigenvalue weighted by Crippen LogP contribution is 2.60. The maximum atomic E-state index is 12.8. The zero-order valence-electron chi connectivity index (χ0n) is 14.9. The number of nitrogens with zero attached hydrogens (tertiary/aromatic N) is 4. The summed E-state index contributed by atoms with van der Waals surface area (Å²) in [4.78, 5) is 29.0. The van der Waals surface area contributed by atoms with Crippen LogP contribution in [0.1, 0.15) is 38.3 Å². The lowest BCUT2D eigenvalue weighted by Crippen LogP contribution is -2.63. The number of rotatable bonds is 8. The molecule has 8 nitrogen and oxygen atoms in total. The Hall–Kier alpha value is -2.57. The van der Waals surface area contributed by atoms with E-state index in [0.29, 0.717) is 13.0 Å². The van der Waals surface area contributed by atoms with E-state index < -0.39 is 11.7 Å². The van der Waals surface area contributed by atoms with Crippen LogP contribution in [0.15, 0.2) is 35.4 Å². The molecule has 0 N–H and O–H groups in total. The van der Waals surface area contributed by atoms with Crippen molar-refractivity contribution >= 4 is 11.9 Å². The highest BCUT2D eigenvalue weighted by molar-refractivity contribution is 5.97. The van der Waals surface area contributed by atoms with Gasteiger partial charge in [-0.1, -0.05) is 42.4 Å². The maximum absolute atomic E-state index is 12.8. The Balaban J connectivity index is 1.81. The molecule has 0 radical (unpaired) electrons. The summed E-state index contributed by atoms with van der Waals surface area (Å²) in [6, 6.07) is 8.89. The first-order valence-corrected chi connectivity index (χ1v) is 8.83. The number of likely N-dealkylation sites (tertiary alicyclic amines) is 1. The van der Waals surface area contributed by atoms with Crippen molar-refractivity contribution in [1.82, 2.24) is 4.90 Å². The summed E-state index contributed by atoms with van der Waals surface area (Å²) in [5, 5.41) is 3.78. The van der Waals surface area contributed by atoms with Gasteiger partial charge in [-0.15, -0.1) is 0 Å². The number of esters is 1. The van der Waals surface area contributed by atoms with Crippen molar-refractivity contribution in [1.29, 1.82) is 0 Å². The molecule has 0 saturated carbocycles. The zero-order chi connectivity index (χ0) is 18.7. The van der Waals surface area contributed by atoms with Crippen LogP contribution in [0.5, 0.6) is 0 Å². The number of hydrogen-bond acceptors (Lipinski definition) is 5. The van der Waals surface area contributed by atoms with Crippen molar-refractivity contribution in [2.75, 3.05) is 13.2 Å². The van der Waals surface area contributed by atoms with E-state index in [-0.39, 0.29) is 36.9 Å². The van der Waals surface area contributed by atoms with Gasteiger partial charge in [-0.2, -0.15) is 0 Å². The predicted octanol–water partition coefficient (Wildman–Crippen LogP) is 2.75. The third-order valence-corrected chi connectivity index (χ3v) is 4.95. The van der Waals surface area contributed by atoms with Crippen LogP contribution in [0.3, 0.4) is 0 Å². The number of ether oxygens (including phenoxy) is 2. The fraction of sp³-hybridized carbons (Fsp3) is 0.556. The molecular weight excluding hydrogens is 336 g/mol. The van der Waals surface area contributed by atoms with Gasteiger partial charge in [0, 0.05) is 11.5 Å². The topological polar surface area (TPSA) is 108 Å². The van der Waals surface area contributed by atoms with E-state index in [1.165, 1.54) is 0 Å². The first kappa shape index (κ1) is 18.2. The Morgan fingerprint density at radius 3 is 2.77 bits per heavy atom. The molecule has 1 aromatic carbocycles. The van der Waals surface area contributed by atoms with Crippen molar-refractivity contribution in [3.8, 4) is 0 Å². The molecule has 8 heteroatoms. The van der Waals surface area contributed by atoms with Crippen LogP contribution in [0.25, 0.3) is 10.4 Å². The summed E-state index contributed by atoms with van der Waals surface area (Å²) < 4.78 is 10.8. The molecule has 2 aliphatic heterocycles. The monoisotopic (exact) mass is 358 g/mol. The molecule has 1 aromatic rings. The highest BCUT2D eigenvalue weighted by Gasteiger charge is 2.78. The molecule has 0 aromatic heterocycles. The Kier molecular flexibility index (Phi) is 5.15. The normalized spacial score (nSPS) is 27.5. The molecule has 2 fully saturated rings. The van der Waals surface area contributed by atoms with Gasteiger partial charge in [0.15, 0.2) is 5.60 Å². The Bertz CT molecular complexity index is 734. The number of amides is 1. The second-order valence-corrected chi connectivity index (χ2v) is 6.38. The van der Waals surface area contributed by atoms with Gasteiger partial charge in [0.2, 0.25) is 0 Å². The standard InChI is InChI=1S/C18H22N4O4/c1-3-13(20-21-19)16-18(26-16)15(12-8-6-5-7-9-12)22(17(18)24)11-10-14(23)25-4-2/h5-9,13,15-16H,3-4,10-11H2,1-2H3/t13-,15-,16-,18+/m0/s1. The van der Waals surface area contributed by atoms with Crippen LogP contribution in [0.2, 0.25) is 0 Å². The number of β-lactam (4-membered cyclic amide) rings is 1. The van der Waals surface area contributed by atoms with Crippen LogP contribution in [-0.4, -0.2) is 47.7 Å². The van der Waals surface area contributed by atoms with E-state index in [4.69, 9.17) is 15.0 Å². The van der Waals surface area contributed by atoms with Gasteiger partial charge >= 0.3 is 5.97 Å². The van der Waals surface area contributed by atoms with Crippen LogP contribution in [0.4, 0.5) is 0 Å². The molecule has 0 bridgehead atoms. The van der Waals surface area contributed by atoms with Crippen molar-refractivity contribution < 1.29 is 19.1 Å². The molecule has 2 heterocycles. The molecule has 1 amide bonds. The van der Waals surface area contributed by atoms with Crippen LogP contribution in [-0.2, 0) is 19.1 Å². The number of hydrogen-bond donors (Lipinski definition) is 0. The molecule has 2 aliphatic rings. The second kappa shape index (κ2) is 7.35. The van der Waals surface area contributed by atoms with Crippen LogP contribution >= 0.6 is 0 Å². The highest BCUT2D eigenvalue weighted by atomic mass is 16.6. The second-order valence-electron chi connectivity index (χ2n) is 6.38. The van der Waals surface area contributed by atoms with E-state index in [1.54, 1.807) is 11.8 Å². The molecule has 26 heavy (non-hydrogen) atoms. The van der Waals surface area contributed by atoms with Gasteiger partial charge in [-0.25, -0.2) is 0 Å². The van der Waals surface area contributed by atoms with E-state index in [1.807, 2.05) is 37.3 Å². The molecule has 2 saturated heterocycles. The van der Waals surface area contributed by atoms with Gasteiger partial charge in [0.25, 0.3) is 5.91 Å². The summed E-state index contributed by atoms with van der Waals surface area (Å²) in [7, 11) is 0. The number of azide groups is 1. The molecular formula is C18H22N4O4. The zero-order valence-corrected chi connectivity index (χ0v) is 14.9. The molecule has 3 rings (SSSR count). The molecule has 0 unspecified atom stereocenters. The first-order chi connectivity index (χ1) is 12.6. The van der Waals surface area contributed by atoms with Gasteiger partial charge in [-0.3, -0.25) is 9.59 Å². The van der Waals surface area contributed by atoms with Crippen molar-refractivity contribution in [2.24, 2.45) is 5.11 Å². The lowest BCUT2D eigenvalue weighted by atomic mass is 9.77. The molecule has 4 atom stereocenters. The lowest BCUT2D eigenvalue weighted by Gasteiger charge is -2.46. The summed E-state index contributed by atoms with van der Waals surface area (Å²) in [5.41, 5.74) is 8.72. The van der Waals surface area contributed by atoms with Gasteiger partial charge in [-0.05, 0) is 24.4 Å². The number of benzene rings is 1. The number of carbonyl (C=O) groups excluding carboxylic acids is 2. The summed E-state index contributed by atoms with van der Waals surface area (Å²) in [6.45, 7) is 4.23. The van der Waals surface area contributed by atoms with Gasteiger partial charge < -0.3 is 14.4 Å². The first-order valence-electron chi connectivity index (χ1n) is 8.83. The van der Waals surface area contributed by atoms with Crippen molar-refractivity contribution in [2.45, 2.75) is 50.5 Å². The molecule has 1 spiro atoms. The maximum Gasteiger partial charge on any atom is 0.307 e. The average molecular weight is 358 g/mol. The van der Waals surface area contributed by atoms with Crippen LogP contribution in [0, 0.1) is 0 Å². The quantitative estimate of drug-likeness (QED) is 0.178. The van der Waals surface area contributed by atoms with E-state index in [2.05, 4.69) is 10.0 Å². The average Bonchev–Trinajstić information content (AvgIpc) is 3.41. The lowest BCUT2D eigenvalue weighted by molar-refractivity contribution is -0.161. The third-order valence-electron chi connectivity index (χ3n) is 4.95. The third kappa shape index (κ3) is 2.91. The smallest absolute Gasteiger partial charge is 0.307 e. The van der Waals surface area contributed by atoms with E-state index in [9.17, 15) is 9.59 Å². The minimum atomic E-state index is -0.981. The Morgan fingerprint density at radius 2 is 2.15 bits per heavy atom. The summed E-state index contributed by atoms with van der Waals surface area (Å²) in [6.07, 6.45) is 0.297. The minimum Gasteiger partial charge on any atom is -0.466 e. The van der Waals surface area contributed by atoms with Gasteiger partial charge in [0.1, 0.15) is 6.10 Å². The predicted molar refractivity (Wildman–Crippen MR) is 93.0 cm³/mol. The summed E-state index contributed by atoms with van der Waals surface area (Å²) in [5.74, 6) is -0.492. The van der Waals surface area contributed by atoms with E-state index in [0.717, 1.165) is 5.56 Å². The Morgan fingerprint density at radius 1 is 1.42 bits per heavy atom. The molecule has 138 valence electrons. The van der Waals surface area contributed by atoms with Crippen molar-refractivity contribution in [3.63, 3.8) is 0 Å². The SMILES string of the molecule is CCOC(=O)CCN1C(=O)[C@@]2(O[C@H]2[C@H](CC)N=[N+]=[N-])[C@@H]1c1ccccc1.